The van der Waals surface area contributed by atoms with Crippen LogP contribution in [0.4, 0.5) is 0 Å². The van der Waals surface area contributed by atoms with E-state index in [4.69, 9.17) is 4.52 Å². The summed E-state index contributed by atoms with van der Waals surface area (Å²) in [6, 6.07) is 9.45. The van der Waals surface area contributed by atoms with Crippen molar-refractivity contribution < 1.29 is 4.52 Å². The Morgan fingerprint density at radius 1 is 1.23 bits per heavy atom. The quantitative estimate of drug-likeness (QED) is 0.739. The molecule has 0 unspecified atom stereocenters. The normalized spacial score (nSPS) is 11.0. The van der Waals surface area contributed by atoms with E-state index in [2.05, 4.69) is 15.1 Å². The van der Waals surface area contributed by atoms with Crippen molar-refractivity contribution >= 4 is 0 Å². The zero-order valence-electron chi connectivity index (χ0n) is 12.4. The Balaban J connectivity index is 1.93. The monoisotopic (exact) mass is 296 g/mol. The number of rotatable bonds is 4. The van der Waals surface area contributed by atoms with E-state index in [1.165, 1.54) is 10.9 Å². The molecule has 0 spiro atoms. The Labute approximate surface area is 127 Å². The molecule has 112 valence electrons. The van der Waals surface area contributed by atoms with Crippen LogP contribution in [0.25, 0.3) is 11.1 Å². The van der Waals surface area contributed by atoms with Crippen LogP contribution in [0.5, 0.6) is 0 Å². The van der Waals surface area contributed by atoms with Crippen molar-refractivity contribution in [2.75, 3.05) is 0 Å². The van der Waals surface area contributed by atoms with Crippen molar-refractivity contribution in [3.8, 4) is 11.1 Å². The van der Waals surface area contributed by atoms with Gasteiger partial charge in [-0.05, 0) is 5.56 Å². The fraction of sp³-hybridized carbons (Fsp3) is 0.250. The van der Waals surface area contributed by atoms with Gasteiger partial charge in [-0.2, -0.15) is 4.98 Å². The van der Waals surface area contributed by atoms with Crippen molar-refractivity contribution in [3.05, 3.63) is 64.9 Å². The minimum atomic E-state index is -0.134. The largest absolute Gasteiger partial charge is 0.337 e. The lowest BCUT2D eigenvalue weighted by molar-refractivity contribution is 0.363. The maximum absolute atomic E-state index is 12.5. The molecular weight excluding hydrogens is 280 g/mol. The summed E-state index contributed by atoms with van der Waals surface area (Å²) in [5.41, 5.74) is 1.25. The van der Waals surface area contributed by atoms with E-state index in [1.54, 1.807) is 6.20 Å². The Kier molecular flexibility index (Phi) is 3.82. The van der Waals surface area contributed by atoms with Crippen LogP contribution in [-0.2, 0) is 6.54 Å². The van der Waals surface area contributed by atoms with Crippen molar-refractivity contribution in [2.24, 2.45) is 0 Å². The SMILES string of the molecule is CC(C)c1noc(Cn2cncc(-c3ccccc3)c2=O)n1. The number of aromatic nitrogens is 4. The van der Waals surface area contributed by atoms with Crippen LogP contribution in [0.1, 0.15) is 31.5 Å². The third-order valence-corrected chi connectivity index (χ3v) is 3.29. The maximum atomic E-state index is 12.5. The topological polar surface area (TPSA) is 73.8 Å². The molecule has 1 aromatic carbocycles. The van der Waals surface area contributed by atoms with Gasteiger partial charge in [-0.3, -0.25) is 9.36 Å². The minimum absolute atomic E-state index is 0.134. The zero-order chi connectivity index (χ0) is 15.5. The first-order valence-corrected chi connectivity index (χ1v) is 7.07. The lowest BCUT2D eigenvalue weighted by Crippen LogP contribution is -2.22. The highest BCUT2D eigenvalue weighted by Crippen LogP contribution is 2.14. The van der Waals surface area contributed by atoms with Gasteiger partial charge in [0, 0.05) is 12.1 Å². The average Bonchev–Trinajstić information content (AvgIpc) is 2.99. The van der Waals surface area contributed by atoms with Crippen molar-refractivity contribution in [2.45, 2.75) is 26.3 Å². The van der Waals surface area contributed by atoms with Gasteiger partial charge in [0.05, 0.1) is 11.9 Å². The summed E-state index contributed by atoms with van der Waals surface area (Å²) in [6.45, 7) is 4.18. The van der Waals surface area contributed by atoms with Crippen LogP contribution in [0.15, 0.2) is 52.2 Å². The molecule has 0 atom stereocenters. The smallest absolute Gasteiger partial charge is 0.261 e. The third kappa shape index (κ3) is 2.81. The highest BCUT2D eigenvalue weighted by atomic mass is 16.5. The molecule has 0 aliphatic carbocycles. The van der Waals surface area contributed by atoms with Crippen LogP contribution < -0.4 is 5.56 Å². The fourth-order valence-corrected chi connectivity index (χ4v) is 2.09. The van der Waals surface area contributed by atoms with E-state index in [9.17, 15) is 4.79 Å². The van der Waals surface area contributed by atoms with E-state index in [1.807, 2.05) is 44.2 Å². The first kappa shape index (κ1) is 14.2. The molecule has 0 N–H and O–H groups in total. The van der Waals surface area contributed by atoms with Crippen LogP contribution in [0.3, 0.4) is 0 Å². The van der Waals surface area contributed by atoms with Gasteiger partial charge in [0.2, 0.25) is 5.89 Å². The lowest BCUT2D eigenvalue weighted by atomic mass is 10.1. The number of hydrogen-bond donors (Lipinski definition) is 0. The Morgan fingerprint density at radius 3 is 2.68 bits per heavy atom. The number of hydrogen-bond acceptors (Lipinski definition) is 5. The van der Waals surface area contributed by atoms with Gasteiger partial charge in [0.15, 0.2) is 5.82 Å². The van der Waals surface area contributed by atoms with E-state index < -0.39 is 0 Å². The second kappa shape index (κ2) is 5.93. The van der Waals surface area contributed by atoms with E-state index >= 15 is 0 Å². The molecule has 0 aliphatic heterocycles. The highest BCUT2D eigenvalue weighted by molar-refractivity contribution is 5.60. The second-order valence-electron chi connectivity index (χ2n) is 5.31. The molecule has 0 fully saturated rings. The first-order valence-electron chi connectivity index (χ1n) is 7.07. The molecule has 3 aromatic rings. The van der Waals surface area contributed by atoms with Crippen molar-refractivity contribution in [1.29, 1.82) is 0 Å². The molecule has 0 bridgehead atoms. The molecule has 0 saturated carbocycles. The van der Waals surface area contributed by atoms with Crippen LogP contribution in [-0.4, -0.2) is 19.7 Å². The summed E-state index contributed by atoms with van der Waals surface area (Å²) < 4.78 is 6.65. The predicted molar refractivity (Wildman–Crippen MR) is 81.4 cm³/mol. The van der Waals surface area contributed by atoms with E-state index in [0.717, 1.165) is 5.56 Å². The Morgan fingerprint density at radius 2 is 2.00 bits per heavy atom. The predicted octanol–water partition coefficient (Wildman–Crippen LogP) is 2.47. The van der Waals surface area contributed by atoms with Crippen molar-refractivity contribution in [3.63, 3.8) is 0 Å². The van der Waals surface area contributed by atoms with Crippen LogP contribution in [0.2, 0.25) is 0 Å². The fourth-order valence-electron chi connectivity index (χ4n) is 2.09. The van der Waals surface area contributed by atoms with Gasteiger partial charge in [0.1, 0.15) is 6.54 Å². The second-order valence-corrected chi connectivity index (χ2v) is 5.31. The molecule has 6 heteroatoms. The summed E-state index contributed by atoms with van der Waals surface area (Å²) in [7, 11) is 0. The molecule has 0 amide bonds. The molecule has 0 radical (unpaired) electrons. The summed E-state index contributed by atoms with van der Waals surface area (Å²) in [5, 5.41) is 3.90. The summed E-state index contributed by atoms with van der Waals surface area (Å²) >= 11 is 0. The van der Waals surface area contributed by atoms with Crippen molar-refractivity contribution in [1.82, 2.24) is 19.7 Å². The molecule has 3 rings (SSSR count). The highest BCUT2D eigenvalue weighted by Gasteiger charge is 2.12. The van der Waals surface area contributed by atoms with Gasteiger partial charge in [-0.1, -0.05) is 49.3 Å². The van der Waals surface area contributed by atoms with E-state index in [0.29, 0.717) is 17.3 Å². The van der Waals surface area contributed by atoms with Gasteiger partial charge < -0.3 is 4.52 Å². The Hall–Kier alpha value is -2.76. The third-order valence-electron chi connectivity index (χ3n) is 3.29. The molecule has 6 nitrogen and oxygen atoms in total. The molecule has 2 heterocycles. The zero-order valence-corrected chi connectivity index (χ0v) is 12.4. The van der Waals surface area contributed by atoms with E-state index in [-0.39, 0.29) is 18.0 Å². The minimum Gasteiger partial charge on any atom is -0.337 e. The van der Waals surface area contributed by atoms with Gasteiger partial charge in [-0.25, -0.2) is 4.98 Å². The molecule has 22 heavy (non-hydrogen) atoms. The molecule has 2 aromatic heterocycles. The molecule has 0 saturated heterocycles. The number of benzene rings is 1. The average molecular weight is 296 g/mol. The standard InChI is InChI=1S/C16H16N4O2/c1-11(2)15-18-14(22-19-15)9-20-10-17-8-13(16(20)21)12-6-4-3-5-7-12/h3-8,10-11H,9H2,1-2H3. The van der Waals surface area contributed by atoms with Crippen LogP contribution >= 0.6 is 0 Å². The molecule has 0 aliphatic rings. The lowest BCUT2D eigenvalue weighted by Gasteiger charge is -2.05. The van der Waals surface area contributed by atoms with Crippen LogP contribution in [0, 0.1) is 0 Å². The Bertz CT molecular complexity index is 821. The summed E-state index contributed by atoms with van der Waals surface area (Å²) in [4.78, 5) is 21.0. The molecular formula is C16H16N4O2. The summed E-state index contributed by atoms with van der Waals surface area (Å²) in [5.74, 6) is 1.22. The van der Waals surface area contributed by atoms with Gasteiger partial charge in [-0.15, -0.1) is 0 Å². The van der Waals surface area contributed by atoms with Gasteiger partial charge >= 0.3 is 0 Å². The number of nitrogens with zero attached hydrogens (tertiary/aromatic N) is 4. The van der Waals surface area contributed by atoms with Gasteiger partial charge in [0.25, 0.3) is 5.56 Å². The summed E-state index contributed by atoms with van der Waals surface area (Å²) in [6.07, 6.45) is 3.05. The maximum Gasteiger partial charge on any atom is 0.261 e. The first-order chi connectivity index (χ1) is 10.6.